The minimum Gasteiger partial charge on any atom is -0.390 e. The van der Waals surface area contributed by atoms with Gasteiger partial charge in [0.25, 0.3) is 0 Å². The zero-order valence-corrected chi connectivity index (χ0v) is 16.3. The molecule has 3 heteroatoms. The van der Waals surface area contributed by atoms with Gasteiger partial charge in [-0.25, -0.2) is 4.99 Å². The molecule has 0 spiro atoms. The Hall–Kier alpha value is -0.670. The molecule has 1 atom stereocenters. The number of aliphatic hydroxyl groups excluding tert-OH is 1. The van der Waals surface area contributed by atoms with Crippen molar-refractivity contribution in [3.8, 4) is 0 Å². The summed E-state index contributed by atoms with van der Waals surface area (Å²) < 4.78 is 0.929. The van der Waals surface area contributed by atoms with E-state index in [0.717, 1.165) is 37.1 Å². The lowest BCUT2D eigenvalue weighted by Gasteiger charge is -2.33. The van der Waals surface area contributed by atoms with Crippen LogP contribution in [-0.2, 0) is 0 Å². The number of aliphatic imine (C=N–C) groups is 1. The molecular formula is C21H41N2O+. The van der Waals surface area contributed by atoms with Crippen LogP contribution in [0.25, 0.3) is 0 Å². The summed E-state index contributed by atoms with van der Waals surface area (Å²) in [6, 6.07) is 0. The number of unbranched alkanes of at least 4 members (excludes halogenated alkanes) is 8. The summed E-state index contributed by atoms with van der Waals surface area (Å²) in [5, 5.41) is 9.33. The molecule has 0 aromatic heterocycles. The molecule has 1 N–H and O–H groups in total. The maximum absolute atomic E-state index is 9.33. The van der Waals surface area contributed by atoms with Crippen LogP contribution in [0.1, 0.15) is 84.5 Å². The molecule has 0 radical (unpaired) electrons. The van der Waals surface area contributed by atoms with Gasteiger partial charge in [0, 0.05) is 6.42 Å². The van der Waals surface area contributed by atoms with Gasteiger partial charge < -0.3 is 5.11 Å². The van der Waals surface area contributed by atoms with E-state index in [1.807, 2.05) is 0 Å². The number of quaternary nitrogens is 1. The topological polar surface area (TPSA) is 32.6 Å². The molecule has 1 unspecified atom stereocenters. The first-order valence-corrected chi connectivity index (χ1v) is 10.4. The first kappa shape index (κ1) is 21.4. The van der Waals surface area contributed by atoms with Crippen LogP contribution in [-0.4, -0.2) is 48.2 Å². The molecule has 3 nitrogen and oxygen atoms in total. The van der Waals surface area contributed by atoms with Gasteiger partial charge in [-0.1, -0.05) is 57.6 Å². The van der Waals surface area contributed by atoms with Crippen LogP contribution >= 0.6 is 0 Å². The quantitative estimate of drug-likeness (QED) is 0.252. The highest BCUT2D eigenvalue weighted by Gasteiger charge is 2.35. The third-order valence-electron chi connectivity index (χ3n) is 5.42. The lowest BCUT2D eigenvalue weighted by molar-refractivity contribution is -0.835. The lowest BCUT2D eigenvalue weighted by atomic mass is 10.1. The predicted molar refractivity (Wildman–Crippen MR) is 106 cm³/mol. The largest absolute Gasteiger partial charge is 0.390 e. The Kier molecular flexibility index (Phi) is 12.1. The molecule has 0 saturated heterocycles. The molecule has 1 rings (SSSR count). The molecule has 0 bridgehead atoms. The minimum absolute atomic E-state index is 0.269. The van der Waals surface area contributed by atoms with Gasteiger partial charge in [0.1, 0.15) is 13.1 Å². The van der Waals surface area contributed by atoms with E-state index in [-0.39, 0.29) is 6.61 Å². The second-order valence-corrected chi connectivity index (χ2v) is 7.20. The molecule has 0 aliphatic carbocycles. The monoisotopic (exact) mass is 337 g/mol. The van der Waals surface area contributed by atoms with Crippen molar-refractivity contribution in [1.29, 1.82) is 0 Å². The van der Waals surface area contributed by atoms with Crippen molar-refractivity contribution >= 4 is 5.84 Å². The van der Waals surface area contributed by atoms with Crippen molar-refractivity contribution in [2.45, 2.75) is 84.5 Å². The van der Waals surface area contributed by atoms with Gasteiger partial charge in [-0.3, -0.25) is 4.48 Å². The van der Waals surface area contributed by atoms with Crippen LogP contribution < -0.4 is 0 Å². The van der Waals surface area contributed by atoms with E-state index in [1.54, 1.807) is 0 Å². The van der Waals surface area contributed by atoms with E-state index in [1.165, 1.54) is 70.0 Å². The van der Waals surface area contributed by atoms with Crippen molar-refractivity contribution in [2.75, 3.05) is 32.8 Å². The molecule has 1 aliphatic heterocycles. The number of nitrogens with zero attached hydrogens (tertiary/aromatic N) is 2. The van der Waals surface area contributed by atoms with Crippen LogP contribution in [0.5, 0.6) is 0 Å². The summed E-state index contributed by atoms with van der Waals surface area (Å²) in [5.74, 6) is 1.33. The maximum atomic E-state index is 9.33. The molecule has 1 aliphatic rings. The first-order chi connectivity index (χ1) is 11.8. The second-order valence-electron chi connectivity index (χ2n) is 7.20. The van der Waals surface area contributed by atoms with Crippen LogP contribution in [0.4, 0.5) is 0 Å². The highest BCUT2D eigenvalue weighted by Crippen LogP contribution is 2.19. The fourth-order valence-corrected chi connectivity index (χ4v) is 3.73. The van der Waals surface area contributed by atoms with Crippen molar-refractivity contribution in [3.63, 3.8) is 0 Å². The number of hydrogen-bond acceptors (Lipinski definition) is 2. The number of hydrogen-bond donors (Lipinski definition) is 1. The number of aliphatic hydroxyl groups is 1. The molecule has 0 fully saturated rings. The Labute approximate surface area is 150 Å². The zero-order chi connectivity index (χ0) is 17.5. The van der Waals surface area contributed by atoms with Crippen molar-refractivity contribution in [3.05, 3.63) is 12.2 Å². The van der Waals surface area contributed by atoms with Gasteiger partial charge in [-0.05, 0) is 32.6 Å². The van der Waals surface area contributed by atoms with Gasteiger partial charge in [0.15, 0.2) is 5.84 Å². The van der Waals surface area contributed by atoms with Crippen LogP contribution in [0.15, 0.2) is 17.1 Å². The third-order valence-corrected chi connectivity index (χ3v) is 5.42. The number of rotatable bonds is 15. The van der Waals surface area contributed by atoms with Crippen molar-refractivity contribution < 1.29 is 9.59 Å². The Morgan fingerprint density at radius 3 is 2.29 bits per heavy atom. The maximum Gasteiger partial charge on any atom is 0.198 e. The van der Waals surface area contributed by atoms with E-state index >= 15 is 0 Å². The van der Waals surface area contributed by atoms with E-state index in [2.05, 4.69) is 26.0 Å². The van der Waals surface area contributed by atoms with Gasteiger partial charge >= 0.3 is 0 Å². The minimum atomic E-state index is 0.269. The Bertz CT molecular complexity index is 365. The van der Waals surface area contributed by atoms with Crippen LogP contribution in [0.3, 0.4) is 0 Å². The highest BCUT2D eigenvalue weighted by atomic mass is 16.3. The fraction of sp³-hybridized carbons (Fsp3) is 0.857. The van der Waals surface area contributed by atoms with Gasteiger partial charge in [0.2, 0.25) is 0 Å². The normalized spacial score (nSPS) is 20.9. The Balaban J connectivity index is 2.05. The molecule has 0 aromatic rings. The van der Waals surface area contributed by atoms with E-state index in [9.17, 15) is 5.11 Å². The lowest BCUT2D eigenvalue weighted by Crippen LogP contribution is -2.52. The van der Waals surface area contributed by atoms with Gasteiger partial charge in [-0.15, -0.1) is 0 Å². The van der Waals surface area contributed by atoms with Crippen molar-refractivity contribution in [2.24, 2.45) is 4.99 Å². The summed E-state index contributed by atoms with van der Waals surface area (Å²) in [6.45, 7) is 8.69. The Morgan fingerprint density at radius 1 is 0.958 bits per heavy atom. The van der Waals surface area contributed by atoms with E-state index in [4.69, 9.17) is 4.99 Å². The molecule has 24 heavy (non-hydrogen) atoms. The Morgan fingerprint density at radius 2 is 1.62 bits per heavy atom. The van der Waals surface area contributed by atoms with Crippen LogP contribution in [0.2, 0.25) is 0 Å². The number of amidine groups is 1. The molecule has 0 saturated carbocycles. The summed E-state index contributed by atoms with van der Waals surface area (Å²) in [7, 11) is 0. The third kappa shape index (κ3) is 7.94. The fourth-order valence-electron chi connectivity index (χ4n) is 3.73. The summed E-state index contributed by atoms with van der Waals surface area (Å²) in [6.07, 6.45) is 19.2. The SMILES string of the molecule is CCCCCCCCC/C=C/CCCC1=NCC[N+]1(CC)CCO. The highest BCUT2D eigenvalue weighted by molar-refractivity contribution is 5.76. The average molecular weight is 338 g/mol. The smallest absolute Gasteiger partial charge is 0.198 e. The molecule has 0 aromatic carbocycles. The summed E-state index contributed by atoms with van der Waals surface area (Å²) in [5.41, 5.74) is 0. The standard InChI is InChI=1S/C21H41N2O/c1-3-5-6-7-8-9-10-11-12-13-14-15-16-21-22-17-18-23(21,4-2)19-20-24/h12-13,24H,3-11,14-20H2,1-2H3/q+1/b13-12+. The average Bonchev–Trinajstić information content (AvgIpc) is 2.99. The van der Waals surface area contributed by atoms with Crippen LogP contribution in [0, 0.1) is 0 Å². The summed E-state index contributed by atoms with van der Waals surface area (Å²) in [4.78, 5) is 4.72. The zero-order valence-electron chi connectivity index (χ0n) is 16.3. The number of allylic oxidation sites excluding steroid dienone is 2. The van der Waals surface area contributed by atoms with Gasteiger partial charge in [-0.2, -0.15) is 0 Å². The van der Waals surface area contributed by atoms with Crippen molar-refractivity contribution in [1.82, 2.24) is 0 Å². The summed E-state index contributed by atoms with van der Waals surface area (Å²) >= 11 is 0. The first-order valence-electron chi connectivity index (χ1n) is 10.4. The predicted octanol–water partition coefficient (Wildman–Crippen LogP) is 5.09. The molecule has 140 valence electrons. The van der Waals surface area contributed by atoms with E-state index < -0.39 is 0 Å². The molecule has 1 heterocycles. The molecule has 0 amide bonds. The molecular weight excluding hydrogens is 296 g/mol. The number of likely N-dealkylation sites (N-methyl/N-ethyl adjacent to an activating group) is 1. The van der Waals surface area contributed by atoms with Gasteiger partial charge in [0.05, 0.1) is 19.7 Å². The van der Waals surface area contributed by atoms with E-state index in [0.29, 0.717) is 0 Å². The second kappa shape index (κ2) is 13.6.